The Labute approximate surface area is 159 Å². The van der Waals surface area contributed by atoms with Gasteiger partial charge in [0, 0.05) is 25.6 Å². The summed E-state index contributed by atoms with van der Waals surface area (Å²) in [5.74, 6) is 0.0493. The van der Waals surface area contributed by atoms with E-state index in [4.69, 9.17) is 0 Å². The number of aromatic nitrogens is 2. The summed E-state index contributed by atoms with van der Waals surface area (Å²) in [4.78, 5) is 31.7. The van der Waals surface area contributed by atoms with Gasteiger partial charge in [0.05, 0.1) is 17.2 Å². The average Bonchev–Trinajstić information content (AvgIpc) is 2.71. The van der Waals surface area contributed by atoms with E-state index >= 15 is 0 Å². The van der Waals surface area contributed by atoms with E-state index in [0.717, 1.165) is 12.0 Å². The highest BCUT2D eigenvalue weighted by Crippen LogP contribution is 2.13. The quantitative estimate of drug-likeness (QED) is 0.644. The van der Waals surface area contributed by atoms with Crippen LogP contribution in [-0.2, 0) is 17.9 Å². The third-order valence-electron chi connectivity index (χ3n) is 4.94. The van der Waals surface area contributed by atoms with Gasteiger partial charge in [-0.2, -0.15) is 0 Å². The summed E-state index contributed by atoms with van der Waals surface area (Å²) in [6, 6.07) is 17.4. The maximum Gasteiger partial charge on any atom is 0.261 e. The Kier molecular flexibility index (Phi) is 6.01. The summed E-state index contributed by atoms with van der Waals surface area (Å²) < 4.78 is 1.53. The number of benzene rings is 2. The van der Waals surface area contributed by atoms with Gasteiger partial charge in [-0.1, -0.05) is 49.4 Å². The fourth-order valence-electron chi connectivity index (χ4n) is 3.12. The highest BCUT2D eigenvalue weighted by molar-refractivity contribution is 5.77. The Bertz CT molecular complexity index is 966. The zero-order chi connectivity index (χ0) is 19.2. The van der Waals surface area contributed by atoms with Gasteiger partial charge in [0.25, 0.3) is 5.56 Å². The number of amides is 1. The van der Waals surface area contributed by atoms with Crippen LogP contribution >= 0.6 is 0 Å². The SMILES string of the molecule is CC[C@@H](C)N(Cc1ccccc1)C(=O)CCn1cnc2ccccc2c1=O. The molecule has 0 spiro atoms. The molecule has 0 fully saturated rings. The van der Waals surface area contributed by atoms with E-state index in [1.54, 1.807) is 6.07 Å². The maximum atomic E-state index is 12.9. The van der Waals surface area contributed by atoms with Gasteiger partial charge in [-0.3, -0.25) is 14.2 Å². The highest BCUT2D eigenvalue weighted by Gasteiger charge is 2.19. The standard InChI is InChI=1S/C22H25N3O2/c1-3-17(2)25(15-18-9-5-4-6-10-18)21(26)13-14-24-16-23-20-12-8-7-11-19(20)22(24)27/h4-12,16-17H,3,13-15H2,1-2H3/t17-/m1/s1. The molecule has 5 heteroatoms. The van der Waals surface area contributed by atoms with E-state index in [2.05, 4.69) is 18.8 Å². The van der Waals surface area contributed by atoms with Crippen molar-refractivity contribution in [2.45, 2.75) is 45.8 Å². The van der Waals surface area contributed by atoms with Gasteiger partial charge < -0.3 is 4.90 Å². The molecule has 3 aromatic rings. The fourth-order valence-corrected chi connectivity index (χ4v) is 3.12. The van der Waals surface area contributed by atoms with Gasteiger partial charge in [0.15, 0.2) is 0 Å². The molecule has 1 amide bonds. The molecule has 0 aliphatic rings. The van der Waals surface area contributed by atoms with E-state index < -0.39 is 0 Å². The number of para-hydroxylation sites is 1. The van der Waals surface area contributed by atoms with Crippen molar-refractivity contribution in [2.24, 2.45) is 0 Å². The van der Waals surface area contributed by atoms with Crippen molar-refractivity contribution in [1.82, 2.24) is 14.5 Å². The lowest BCUT2D eigenvalue weighted by Crippen LogP contribution is -2.38. The molecule has 1 atom stereocenters. The van der Waals surface area contributed by atoms with Gasteiger partial charge in [0.1, 0.15) is 0 Å². The molecular formula is C22H25N3O2. The second kappa shape index (κ2) is 8.62. The second-order valence-electron chi connectivity index (χ2n) is 6.77. The molecule has 0 bridgehead atoms. The molecule has 140 valence electrons. The Hall–Kier alpha value is -2.95. The summed E-state index contributed by atoms with van der Waals surface area (Å²) in [6.07, 6.45) is 2.69. The first-order valence-electron chi connectivity index (χ1n) is 9.37. The molecule has 3 rings (SSSR count). The smallest absolute Gasteiger partial charge is 0.261 e. The normalized spacial score (nSPS) is 12.1. The van der Waals surface area contributed by atoms with Gasteiger partial charge in [-0.25, -0.2) is 4.98 Å². The summed E-state index contributed by atoms with van der Waals surface area (Å²) in [5.41, 5.74) is 1.68. The predicted molar refractivity (Wildman–Crippen MR) is 107 cm³/mol. The zero-order valence-electron chi connectivity index (χ0n) is 15.8. The van der Waals surface area contributed by atoms with Gasteiger partial charge >= 0.3 is 0 Å². The van der Waals surface area contributed by atoms with Crippen LogP contribution in [0.2, 0.25) is 0 Å². The lowest BCUT2D eigenvalue weighted by Gasteiger charge is -2.29. The number of nitrogens with zero attached hydrogens (tertiary/aromatic N) is 3. The number of carbonyl (C=O) groups excluding carboxylic acids is 1. The molecule has 5 nitrogen and oxygen atoms in total. The second-order valence-corrected chi connectivity index (χ2v) is 6.77. The number of hydrogen-bond acceptors (Lipinski definition) is 3. The van der Waals surface area contributed by atoms with Crippen molar-refractivity contribution in [1.29, 1.82) is 0 Å². The Balaban J connectivity index is 1.74. The third kappa shape index (κ3) is 4.42. The largest absolute Gasteiger partial charge is 0.336 e. The van der Waals surface area contributed by atoms with Crippen molar-refractivity contribution in [3.8, 4) is 0 Å². The highest BCUT2D eigenvalue weighted by atomic mass is 16.2. The summed E-state index contributed by atoms with van der Waals surface area (Å²) in [5, 5.41) is 0.579. The van der Waals surface area contributed by atoms with Crippen molar-refractivity contribution in [3.63, 3.8) is 0 Å². The molecule has 0 aliphatic carbocycles. The molecule has 0 saturated carbocycles. The molecule has 0 radical (unpaired) electrons. The predicted octanol–water partition coefficient (Wildman–Crippen LogP) is 3.61. The van der Waals surface area contributed by atoms with E-state index in [1.165, 1.54) is 10.9 Å². The molecule has 0 unspecified atom stereocenters. The van der Waals surface area contributed by atoms with E-state index in [-0.39, 0.29) is 23.9 Å². The van der Waals surface area contributed by atoms with Crippen molar-refractivity contribution in [3.05, 3.63) is 76.8 Å². The van der Waals surface area contributed by atoms with Gasteiger partial charge in [-0.15, -0.1) is 0 Å². The van der Waals surface area contributed by atoms with E-state index in [0.29, 0.717) is 24.0 Å². The van der Waals surface area contributed by atoms with Crippen LogP contribution in [0, 0.1) is 0 Å². The topological polar surface area (TPSA) is 55.2 Å². The van der Waals surface area contributed by atoms with Crippen LogP contribution in [0.25, 0.3) is 10.9 Å². The van der Waals surface area contributed by atoms with E-state index in [1.807, 2.05) is 53.4 Å². The number of rotatable bonds is 7. The van der Waals surface area contributed by atoms with Crippen LogP contribution < -0.4 is 5.56 Å². The number of fused-ring (bicyclic) bond motifs is 1. The van der Waals surface area contributed by atoms with Crippen molar-refractivity contribution in [2.75, 3.05) is 0 Å². The minimum absolute atomic E-state index is 0.0493. The Morgan fingerprint density at radius 3 is 2.56 bits per heavy atom. The first kappa shape index (κ1) is 18.8. The zero-order valence-corrected chi connectivity index (χ0v) is 15.8. The minimum Gasteiger partial charge on any atom is -0.336 e. The minimum atomic E-state index is -0.105. The van der Waals surface area contributed by atoms with Crippen LogP contribution in [0.3, 0.4) is 0 Å². The molecule has 0 N–H and O–H groups in total. The Morgan fingerprint density at radius 1 is 1.11 bits per heavy atom. The molecule has 1 aromatic heterocycles. The molecule has 2 aromatic carbocycles. The van der Waals surface area contributed by atoms with Crippen LogP contribution in [0.4, 0.5) is 0 Å². The first-order valence-corrected chi connectivity index (χ1v) is 9.37. The van der Waals surface area contributed by atoms with Crippen molar-refractivity contribution < 1.29 is 4.79 Å². The molecule has 1 heterocycles. The molecule has 0 aliphatic heterocycles. The maximum absolute atomic E-state index is 12.9. The summed E-state index contributed by atoms with van der Waals surface area (Å²) in [6.45, 7) is 5.05. The third-order valence-corrected chi connectivity index (χ3v) is 4.94. The van der Waals surface area contributed by atoms with Gasteiger partial charge in [-0.05, 0) is 31.0 Å². The lowest BCUT2D eigenvalue weighted by molar-refractivity contribution is -0.134. The van der Waals surface area contributed by atoms with Gasteiger partial charge in [0.2, 0.25) is 5.91 Å². The number of carbonyl (C=O) groups is 1. The van der Waals surface area contributed by atoms with E-state index in [9.17, 15) is 9.59 Å². The summed E-state index contributed by atoms with van der Waals surface area (Å²) >= 11 is 0. The number of hydrogen-bond donors (Lipinski definition) is 0. The molecule has 27 heavy (non-hydrogen) atoms. The van der Waals surface area contributed by atoms with Crippen LogP contribution in [-0.4, -0.2) is 26.4 Å². The van der Waals surface area contributed by atoms with Crippen LogP contribution in [0.15, 0.2) is 65.7 Å². The average molecular weight is 363 g/mol. The molecule has 0 saturated heterocycles. The summed E-state index contributed by atoms with van der Waals surface area (Å²) in [7, 11) is 0. The van der Waals surface area contributed by atoms with Crippen molar-refractivity contribution >= 4 is 16.8 Å². The number of aryl methyl sites for hydroxylation is 1. The lowest BCUT2D eigenvalue weighted by atomic mass is 10.1. The van der Waals surface area contributed by atoms with Crippen LogP contribution in [0.5, 0.6) is 0 Å². The first-order chi connectivity index (χ1) is 13.1. The Morgan fingerprint density at radius 2 is 1.81 bits per heavy atom. The molecular weight excluding hydrogens is 338 g/mol. The van der Waals surface area contributed by atoms with Crippen LogP contribution in [0.1, 0.15) is 32.3 Å². The fraction of sp³-hybridized carbons (Fsp3) is 0.318. The monoisotopic (exact) mass is 363 g/mol.